The lowest BCUT2D eigenvalue weighted by Gasteiger charge is -2.21. The first-order valence-corrected chi connectivity index (χ1v) is 7.39. The van der Waals surface area contributed by atoms with Gasteiger partial charge >= 0.3 is 0 Å². The van der Waals surface area contributed by atoms with Crippen LogP contribution in [0.15, 0.2) is 36.4 Å². The zero-order valence-corrected chi connectivity index (χ0v) is 12.8. The minimum absolute atomic E-state index is 0.171. The van der Waals surface area contributed by atoms with E-state index < -0.39 is 0 Å². The summed E-state index contributed by atoms with van der Waals surface area (Å²) in [5.41, 5.74) is 5.10. The Balaban J connectivity index is 2.01. The van der Waals surface area contributed by atoms with E-state index in [2.05, 4.69) is 56.4 Å². The van der Waals surface area contributed by atoms with Gasteiger partial charge in [0.05, 0.1) is 6.04 Å². The van der Waals surface area contributed by atoms with Crippen LogP contribution in [0.1, 0.15) is 35.2 Å². The third kappa shape index (κ3) is 2.74. The zero-order chi connectivity index (χ0) is 14.8. The van der Waals surface area contributed by atoms with Crippen LogP contribution >= 0.6 is 0 Å². The molecule has 0 aromatic heterocycles. The van der Waals surface area contributed by atoms with E-state index in [1.807, 2.05) is 6.07 Å². The average Bonchev–Trinajstić information content (AvgIpc) is 2.93. The van der Waals surface area contributed by atoms with Crippen LogP contribution in [0.5, 0.6) is 11.5 Å². The van der Waals surface area contributed by atoms with Crippen LogP contribution in [0, 0.1) is 13.8 Å². The van der Waals surface area contributed by atoms with Crippen LogP contribution in [0.2, 0.25) is 0 Å². The summed E-state index contributed by atoms with van der Waals surface area (Å²) in [7, 11) is 0. The molecule has 3 heteroatoms. The Morgan fingerprint density at radius 3 is 2.62 bits per heavy atom. The molecular formula is C18H21NO2. The summed E-state index contributed by atoms with van der Waals surface area (Å²) in [6, 6.07) is 13.0. The highest BCUT2D eigenvalue weighted by atomic mass is 16.7. The lowest BCUT2D eigenvalue weighted by Crippen LogP contribution is -2.22. The number of ether oxygens (including phenoxy) is 2. The predicted octanol–water partition coefficient (Wildman–Crippen LogP) is 3.73. The first-order valence-electron chi connectivity index (χ1n) is 7.39. The normalized spacial score (nSPS) is 14.2. The summed E-state index contributed by atoms with van der Waals surface area (Å²) in [4.78, 5) is 0. The lowest BCUT2D eigenvalue weighted by atomic mass is 9.93. The van der Waals surface area contributed by atoms with Gasteiger partial charge in [0.15, 0.2) is 11.5 Å². The fourth-order valence-electron chi connectivity index (χ4n) is 2.85. The SMILES string of the molecule is CCNC(c1ccc2c(c1)OCO2)c1ccc(C)cc1C. The van der Waals surface area contributed by atoms with Crippen LogP contribution in [-0.2, 0) is 0 Å². The van der Waals surface area contributed by atoms with Gasteiger partial charge in [-0.25, -0.2) is 0 Å². The van der Waals surface area contributed by atoms with E-state index in [0.717, 1.165) is 18.0 Å². The first-order chi connectivity index (χ1) is 10.2. The Hall–Kier alpha value is -2.00. The van der Waals surface area contributed by atoms with Crippen molar-refractivity contribution >= 4 is 0 Å². The van der Waals surface area contributed by atoms with Crippen molar-refractivity contribution in [3.8, 4) is 11.5 Å². The summed E-state index contributed by atoms with van der Waals surface area (Å²) in [5, 5.41) is 3.57. The smallest absolute Gasteiger partial charge is 0.231 e. The van der Waals surface area contributed by atoms with Gasteiger partial charge in [-0.05, 0) is 49.2 Å². The Morgan fingerprint density at radius 2 is 1.86 bits per heavy atom. The molecule has 1 aliphatic rings. The maximum absolute atomic E-state index is 5.50. The average molecular weight is 283 g/mol. The van der Waals surface area contributed by atoms with Gasteiger partial charge in [-0.3, -0.25) is 0 Å². The van der Waals surface area contributed by atoms with Gasteiger partial charge in [0.1, 0.15) is 0 Å². The standard InChI is InChI=1S/C18H21NO2/c1-4-19-18(15-7-5-12(2)9-13(15)3)14-6-8-16-17(10-14)21-11-20-16/h5-10,18-19H,4,11H2,1-3H3. The first kappa shape index (κ1) is 14.0. The third-order valence-corrected chi connectivity index (χ3v) is 3.87. The van der Waals surface area contributed by atoms with E-state index in [9.17, 15) is 0 Å². The molecule has 21 heavy (non-hydrogen) atoms. The van der Waals surface area contributed by atoms with Crippen LogP contribution in [-0.4, -0.2) is 13.3 Å². The summed E-state index contributed by atoms with van der Waals surface area (Å²) >= 11 is 0. The monoisotopic (exact) mass is 283 g/mol. The second kappa shape index (κ2) is 5.78. The molecule has 0 amide bonds. The largest absolute Gasteiger partial charge is 0.454 e. The lowest BCUT2D eigenvalue weighted by molar-refractivity contribution is 0.174. The molecule has 1 N–H and O–H groups in total. The van der Waals surface area contributed by atoms with Gasteiger partial charge in [-0.15, -0.1) is 0 Å². The van der Waals surface area contributed by atoms with Crippen molar-refractivity contribution in [3.63, 3.8) is 0 Å². The Bertz CT molecular complexity index is 652. The molecule has 0 spiro atoms. The molecule has 110 valence electrons. The Kier molecular flexibility index (Phi) is 3.84. The number of nitrogens with one attached hydrogen (secondary N) is 1. The minimum atomic E-state index is 0.171. The molecule has 0 radical (unpaired) electrons. The number of hydrogen-bond acceptors (Lipinski definition) is 3. The van der Waals surface area contributed by atoms with Gasteiger partial charge in [0, 0.05) is 0 Å². The van der Waals surface area contributed by atoms with Crippen LogP contribution in [0.25, 0.3) is 0 Å². The van der Waals surface area contributed by atoms with Crippen molar-refractivity contribution in [2.45, 2.75) is 26.8 Å². The van der Waals surface area contributed by atoms with Crippen molar-refractivity contribution in [2.75, 3.05) is 13.3 Å². The molecule has 3 rings (SSSR count). The van der Waals surface area contributed by atoms with E-state index >= 15 is 0 Å². The van der Waals surface area contributed by atoms with Crippen molar-refractivity contribution in [2.24, 2.45) is 0 Å². The fraction of sp³-hybridized carbons (Fsp3) is 0.333. The molecule has 0 bridgehead atoms. The van der Waals surface area contributed by atoms with E-state index in [1.165, 1.54) is 22.3 Å². The Morgan fingerprint density at radius 1 is 1.05 bits per heavy atom. The van der Waals surface area contributed by atoms with Crippen LogP contribution in [0.4, 0.5) is 0 Å². The zero-order valence-electron chi connectivity index (χ0n) is 12.8. The molecule has 2 aromatic carbocycles. The minimum Gasteiger partial charge on any atom is -0.454 e. The van der Waals surface area contributed by atoms with Crippen molar-refractivity contribution in [1.82, 2.24) is 5.32 Å². The van der Waals surface area contributed by atoms with E-state index in [-0.39, 0.29) is 6.04 Å². The highest BCUT2D eigenvalue weighted by Gasteiger charge is 2.19. The molecular weight excluding hydrogens is 262 g/mol. The van der Waals surface area contributed by atoms with Crippen molar-refractivity contribution in [3.05, 3.63) is 58.7 Å². The molecule has 1 aliphatic heterocycles. The van der Waals surface area contributed by atoms with E-state index in [1.54, 1.807) is 0 Å². The number of aryl methyl sites for hydroxylation is 2. The molecule has 0 saturated carbocycles. The maximum atomic E-state index is 5.50. The van der Waals surface area contributed by atoms with Gasteiger partial charge in [-0.1, -0.05) is 36.8 Å². The van der Waals surface area contributed by atoms with Crippen LogP contribution < -0.4 is 14.8 Å². The number of rotatable bonds is 4. The summed E-state index contributed by atoms with van der Waals surface area (Å²) in [6.07, 6.45) is 0. The number of benzene rings is 2. The highest BCUT2D eigenvalue weighted by molar-refractivity contribution is 5.48. The summed E-state index contributed by atoms with van der Waals surface area (Å²) in [6.45, 7) is 7.64. The molecule has 1 atom stereocenters. The summed E-state index contributed by atoms with van der Waals surface area (Å²) < 4.78 is 10.9. The fourth-order valence-corrected chi connectivity index (χ4v) is 2.85. The molecule has 0 aliphatic carbocycles. The van der Waals surface area contributed by atoms with E-state index in [0.29, 0.717) is 6.79 Å². The quantitative estimate of drug-likeness (QED) is 0.927. The summed E-state index contributed by atoms with van der Waals surface area (Å²) in [5.74, 6) is 1.66. The molecule has 0 fully saturated rings. The van der Waals surface area contributed by atoms with Crippen molar-refractivity contribution < 1.29 is 9.47 Å². The number of fused-ring (bicyclic) bond motifs is 1. The predicted molar refractivity (Wildman–Crippen MR) is 84.0 cm³/mol. The topological polar surface area (TPSA) is 30.5 Å². The molecule has 2 aromatic rings. The van der Waals surface area contributed by atoms with Crippen molar-refractivity contribution in [1.29, 1.82) is 0 Å². The maximum Gasteiger partial charge on any atom is 0.231 e. The third-order valence-electron chi connectivity index (χ3n) is 3.87. The van der Waals surface area contributed by atoms with Crippen LogP contribution in [0.3, 0.4) is 0 Å². The molecule has 1 unspecified atom stereocenters. The van der Waals surface area contributed by atoms with Gasteiger partial charge < -0.3 is 14.8 Å². The van der Waals surface area contributed by atoms with E-state index in [4.69, 9.17) is 9.47 Å². The molecule has 3 nitrogen and oxygen atoms in total. The second-order valence-electron chi connectivity index (χ2n) is 5.46. The molecule has 1 heterocycles. The number of hydrogen-bond donors (Lipinski definition) is 1. The Labute approximate surface area is 125 Å². The molecule has 0 saturated heterocycles. The van der Waals surface area contributed by atoms with Gasteiger partial charge in [0.2, 0.25) is 6.79 Å². The second-order valence-corrected chi connectivity index (χ2v) is 5.46. The highest BCUT2D eigenvalue weighted by Crippen LogP contribution is 2.36. The van der Waals surface area contributed by atoms with Gasteiger partial charge in [0.25, 0.3) is 0 Å². The van der Waals surface area contributed by atoms with Gasteiger partial charge in [-0.2, -0.15) is 0 Å².